The maximum Gasteiger partial charge on any atom is 0.259 e. The van der Waals surface area contributed by atoms with E-state index in [0.717, 1.165) is 5.56 Å². The fourth-order valence-corrected chi connectivity index (χ4v) is 1.99. The van der Waals surface area contributed by atoms with Gasteiger partial charge in [-0.05, 0) is 32.4 Å². The highest BCUT2D eigenvalue weighted by Gasteiger charge is 2.16. The highest BCUT2D eigenvalue weighted by atomic mass is 16.1. The van der Waals surface area contributed by atoms with Crippen molar-refractivity contribution >= 4 is 11.6 Å². The van der Waals surface area contributed by atoms with Gasteiger partial charge in [0.25, 0.3) is 5.91 Å². The van der Waals surface area contributed by atoms with E-state index in [1.807, 2.05) is 13.0 Å². The quantitative estimate of drug-likeness (QED) is 0.863. The summed E-state index contributed by atoms with van der Waals surface area (Å²) in [5.41, 5.74) is 3.70. The first-order chi connectivity index (χ1) is 9.04. The first-order valence-electron chi connectivity index (χ1n) is 5.87. The predicted molar refractivity (Wildman–Crippen MR) is 71.9 cm³/mol. The second-order valence-electron chi connectivity index (χ2n) is 4.37. The van der Waals surface area contributed by atoms with Crippen molar-refractivity contribution in [2.45, 2.75) is 20.8 Å². The van der Waals surface area contributed by atoms with E-state index in [9.17, 15) is 4.79 Å². The number of anilines is 1. The molecule has 0 aliphatic carbocycles. The zero-order valence-electron chi connectivity index (χ0n) is 11.0. The topological polar surface area (TPSA) is 81.6 Å². The number of aromatic nitrogens is 2. The van der Waals surface area contributed by atoms with Crippen molar-refractivity contribution in [2.24, 2.45) is 0 Å². The van der Waals surface area contributed by atoms with E-state index in [2.05, 4.69) is 21.6 Å². The smallest absolute Gasteiger partial charge is 0.259 e. The molecule has 0 aliphatic rings. The van der Waals surface area contributed by atoms with Crippen molar-refractivity contribution in [2.75, 3.05) is 5.32 Å². The van der Waals surface area contributed by atoms with Crippen molar-refractivity contribution in [3.05, 3.63) is 46.3 Å². The summed E-state index contributed by atoms with van der Waals surface area (Å²) >= 11 is 0. The Balaban J connectivity index is 2.36. The molecule has 19 heavy (non-hydrogen) atoms. The largest absolute Gasteiger partial charge is 0.321 e. The Kier molecular flexibility index (Phi) is 3.34. The van der Waals surface area contributed by atoms with E-state index in [4.69, 9.17) is 5.26 Å². The molecule has 0 atom stereocenters. The van der Waals surface area contributed by atoms with E-state index < -0.39 is 0 Å². The van der Waals surface area contributed by atoms with Gasteiger partial charge in [0, 0.05) is 5.69 Å². The van der Waals surface area contributed by atoms with Crippen LogP contribution in [0.25, 0.3) is 0 Å². The van der Waals surface area contributed by atoms with E-state index in [1.165, 1.54) is 0 Å². The molecule has 5 nitrogen and oxygen atoms in total. The lowest BCUT2D eigenvalue weighted by Gasteiger charge is -2.08. The van der Waals surface area contributed by atoms with Gasteiger partial charge < -0.3 is 5.32 Å². The minimum absolute atomic E-state index is 0.258. The number of carbonyl (C=O) groups excluding carboxylic acids is 1. The monoisotopic (exact) mass is 254 g/mol. The number of amides is 1. The van der Waals surface area contributed by atoms with Crippen molar-refractivity contribution < 1.29 is 4.79 Å². The highest BCUT2D eigenvalue weighted by Crippen LogP contribution is 2.20. The highest BCUT2D eigenvalue weighted by molar-refractivity contribution is 6.06. The average Bonchev–Trinajstić information content (AvgIpc) is 2.69. The van der Waals surface area contributed by atoms with Gasteiger partial charge in [-0.25, -0.2) is 0 Å². The first-order valence-corrected chi connectivity index (χ1v) is 5.87. The SMILES string of the molecule is Cc1cccc(NC(=O)c2c(C)n[nH]c2C)c1C#N. The number of carbonyl (C=O) groups is 1. The summed E-state index contributed by atoms with van der Waals surface area (Å²) in [7, 11) is 0. The Morgan fingerprint density at radius 3 is 2.68 bits per heavy atom. The molecule has 2 rings (SSSR count). The molecular formula is C14H14N4O. The molecule has 1 amide bonds. The number of hydrogen-bond donors (Lipinski definition) is 2. The third-order valence-corrected chi connectivity index (χ3v) is 2.99. The first kappa shape index (κ1) is 12.8. The van der Waals surface area contributed by atoms with Crippen molar-refractivity contribution in [1.82, 2.24) is 10.2 Å². The summed E-state index contributed by atoms with van der Waals surface area (Å²) in [6.45, 7) is 5.39. The summed E-state index contributed by atoms with van der Waals surface area (Å²) in [5, 5.41) is 18.7. The van der Waals surface area contributed by atoms with E-state index in [0.29, 0.717) is 28.2 Å². The number of nitriles is 1. The van der Waals surface area contributed by atoms with Crippen LogP contribution in [-0.4, -0.2) is 16.1 Å². The molecule has 0 fully saturated rings. The van der Waals surface area contributed by atoms with Crippen LogP contribution >= 0.6 is 0 Å². The van der Waals surface area contributed by atoms with Crippen LogP contribution in [0.2, 0.25) is 0 Å². The van der Waals surface area contributed by atoms with Crippen LogP contribution in [0.3, 0.4) is 0 Å². The van der Waals surface area contributed by atoms with Gasteiger partial charge in [0.05, 0.1) is 22.5 Å². The van der Waals surface area contributed by atoms with Gasteiger partial charge >= 0.3 is 0 Å². The van der Waals surface area contributed by atoms with E-state index in [1.54, 1.807) is 26.0 Å². The molecular weight excluding hydrogens is 240 g/mol. The van der Waals surface area contributed by atoms with Crippen LogP contribution in [0.15, 0.2) is 18.2 Å². The Hall–Kier alpha value is -2.61. The molecule has 2 N–H and O–H groups in total. The Labute approximate surface area is 111 Å². The zero-order chi connectivity index (χ0) is 14.0. The number of nitrogens with zero attached hydrogens (tertiary/aromatic N) is 2. The molecule has 5 heteroatoms. The molecule has 0 aliphatic heterocycles. The summed E-state index contributed by atoms with van der Waals surface area (Å²) in [6.07, 6.45) is 0. The maximum atomic E-state index is 12.2. The van der Waals surface area contributed by atoms with Crippen molar-refractivity contribution in [3.8, 4) is 6.07 Å². The van der Waals surface area contributed by atoms with Gasteiger partial charge in [0.2, 0.25) is 0 Å². The third kappa shape index (κ3) is 2.33. The van der Waals surface area contributed by atoms with Crippen LogP contribution in [-0.2, 0) is 0 Å². The molecule has 0 bridgehead atoms. The van der Waals surface area contributed by atoms with Crippen molar-refractivity contribution in [3.63, 3.8) is 0 Å². The van der Waals surface area contributed by atoms with Crippen LogP contribution in [0.4, 0.5) is 5.69 Å². The van der Waals surface area contributed by atoms with Crippen LogP contribution < -0.4 is 5.32 Å². The summed E-state index contributed by atoms with van der Waals surface area (Å²) < 4.78 is 0. The average molecular weight is 254 g/mol. The summed E-state index contributed by atoms with van der Waals surface area (Å²) in [6, 6.07) is 7.46. The predicted octanol–water partition coefficient (Wildman–Crippen LogP) is 2.46. The molecule has 96 valence electrons. The summed E-state index contributed by atoms with van der Waals surface area (Å²) in [5.74, 6) is -0.258. The van der Waals surface area contributed by atoms with E-state index in [-0.39, 0.29) is 5.91 Å². The minimum atomic E-state index is -0.258. The zero-order valence-corrected chi connectivity index (χ0v) is 11.0. The molecule has 1 heterocycles. The number of aryl methyl sites for hydroxylation is 3. The molecule has 0 saturated heterocycles. The van der Waals surface area contributed by atoms with Crippen LogP contribution in [0.1, 0.15) is 32.9 Å². The lowest BCUT2D eigenvalue weighted by Crippen LogP contribution is -2.14. The standard InChI is InChI=1S/C14H14N4O/c1-8-5-4-6-12(11(8)7-15)16-14(19)13-9(2)17-18-10(13)3/h4-6H,1-3H3,(H,16,19)(H,17,18). The molecule has 0 saturated carbocycles. The molecule has 0 unspecified atom stereocenters. The molecule has 1 aromatic heterocycles. The molecule has 0 spiro atoms. The van der Waals surface area contributed by atoms with Gasteiger partial charge in [-0.2, -0.15) is 10.4 Å². The third-order valence-electron chi connectivity index (χ3n) is 2.99. The molecule has 1 aromatic carbocycles. The van der Waals surface area contributed by atoms with Gasteiger partial charge in [0.15, 0.2) is 0 Å². The summed E-state index contributed by atoms with van der Waals surface area (Å²) in [4.78, 5) is 12.2. The van der Waals surface area contributed by atoms with E-state index >= 15 is 0 Å². The minimum Gasteiger partial charge on any atom is -0.321 e. The lowest BCUT2D eigenvalue weighted by molar-refractivity contribution is 0.102. The van der Waals surface area contributed by atoms with Gasteiger partial charge in [-0.3, -0.25) is 9.89 Å². The second kappa shape index (κ2) is 4.94. The Morgan fingerprint density at radius 2 is 2.11 bits per heavy atom. The van der Waals surface area contributed by atoms with Crippen LogP contribution in [0, 0.1) is 32.1 Å². The lowest BCUT2D eigenvalue weighted by atomic mass is 10.1. The number of H-pyrrole nitrogens is 1. The number of hydrogen-bond acceptors (Lipinski definition) is 3. The number of nitrogens with one attached hydrogen (secondary N) is 2. The fraction of sp³-hybridized carbons (Fsp3) is 0.214. The van der Waals surface area contributed by atoms with Gasteiger partial charge in [-0.15, -0.1) is 0 Å². The van der Waals surface area contributed by atoms with Crippen molar-refractivity contribution in [1.29, 1.82) is 5.26 Å². The second-order valence-corrected chi connectivity index (χ2v) is 4.37. The van der Waals surface area contributed by atoms with Gasteiger partial charge in [-0.1, -0.05) is 12.1 Å². The van der Waals surface area contributed by atoms with Crippen LogP contribution in [0.5, 0.6) is 0 Å². The number of aromatic amines is 1. The normalized spacial score (nSPS) is 10.0. The fourth-order valence-electron chi connectivity index (χ4n) is 1.99. The number of benzene rings is 1. The molecule has 2 aromatic rings. The Bertz CT molecular complexity index is 660. The molecule has 0 radical (unpaired) electrons. The Morgan fingerprint density at radius 1 is 1.37 bits per heavy atom. The number of rotatable bonds is 2. The maximum absolute atomic E-state index is 12.2. The van der Waals surface area contributed by atoms with Gasteiger partial charge in [0.1, 0.15) is 6.07 Å².